The molecule has 64 valence electrons. The van der Waals surface area contributed by atoms with Gasteiger partial charge in [-0.15, -0.1) is 0 Å². The first-order valence-electron chi connectivity index (χ1n) is 0. The van der Waals surface area contributed by atoms with Gasteiger partial charge in [0, 0.05) is 0 Å². The molecule has 0 bridgehead atoms. The molecule has 0 saturated heterocycles. The van der Waals surface area contributed by atoms with Crippen LogP contribution in [-0.2, 0) is 16.5 Å². The van der Waals surface area contributed by atoms with Gasteiger partial charge < -0.3 is 49.3 Å². The van der Waals surface area contributed by atoms with Gasteiger partial charge in [0.25, 0.3) is 0 Å². The van der Waals surface area contributed by atoms with E-state index < -0.39 is 0 Å². The van der Waals surface area contributed by atoms with Gasteiger partial charge >= 0.3 is 16.5 Å². The van der Waals surface area contributed by atoms with Crippen LogP contribution < -0.4 is 12.4 Å². The molecule has 0 spiro atoms. The van der Waals surface area contributed by atoms with E-state index in [9.17, 15) is 0 Å². The van der Waals surface area contributed by atoms with E-state index in [0.29, 0.717) is 0 Å². The van der Waals surface area contributed by atoms with Crippen molar-refractivity contribution in [3.05, 3.63) is 36.9 Å². The van der Waals surface area contributed by atoms with Crippen LogP contribution in [0.5, 0.6) is 0 Å². The van der Waals surface area contributed by atoms with Crippen LogP contribution in [0.2, 0.25) is 0 Å². The Morgan fingerprint density at radius 2 is 0.375 bits per heavy atom. The van der Waals surface area contributed by atoms with E-state index in [0.717, 1.165) is 0 Å². The Hall–Kier alpha value is 0.544. The quantitative estimate of drug-likeness (QED) is 0.495. The first-order valence-corrected chi connectivity index (χ1v) is 0. The standard InChI is InChI=1S/ClH.6H2N.Ni/h1H;6*1H2;/q;6*-1;+2/p-1. The van der Waals surface area contributed by atoms with Crippen molar-refractivity contribution >= 4 is 0 Å². The Morgan fingerprint density at radius 1 is 0.375 bits per heavy atom. The van der Waals surface area contributed by atoms with Gasteiger partial charge in [-0.2, -0.15) is 0 Å². The molecular formula is H12ClN6Ni-5. The SMILES string of the molecule is [Cl-].[NH2-].[NH2-].[NH2-].[NH2-].[NH2-].[NH2-].[Ni+2]. The van der Waals surface area contributed by atoms with E-state index in [2.05, 4.69) is 0 Å². The number of rotatable bonds is 0. The molecule has 8 heteroatoms. The Balaban J connectivity index is 0. The maximum absolute atomic E-state index is 0. The second-order valence-electron chi connectivity index (χ2n) is 0. The number of hydrogen-bond acceptors (Lipinski definition) is 0. The first-order chi connectivity index (χ1) is 0. The predicted molar refractivity (Wildman–Crippen MR) is 31.7 cm³/mol. The van der Waals surface area contributed by atoms with Crippen molar-refractivity contribution in [2.24, 2.45) is 0 Å². The zero-order valence-corrected chi connectivity index (χ0v) is 5.90. The zero-order valence-electron chi connectivity index (χ0n) is 4.16. The van der Waals surface area contributed by atoms with E-state index in [4.69, 9.17) is 0 Å². The third kappa shape index (κ3) is 681. The maximum Gasteiger partial charge on any atom is 2.00 e. The number of halogens is 1. The monoisotopic (exact) mass is 189 g/mol. The minimum absolute atomic E-state index is 0. The summed E-state index contributed by atoms with van der Waals surface area (Å²) in [6.07, 6.45) is 0. The zero-order chi connectivity index (χ0) is 0. The van der Waals surface area contributed by atoms with Crippen molar-refractivity contribution in [2.45, 2.75) is 0 Å². The average molecular weight is 190 g/mol. The van der Waals surface area contributed by atoms with Gasteiger partial charge in [0.15, 0.2) is 0 Å². The van der Waals surface area contributed by atoms with Gasteiger partial charge in [-0.3, -0.25) is 0 Å². The van der Waals surface area contributed by atoms with Crippen molar-refractivity contribution in [3.63, 3.8) is 0 Å². The molecule has 0 rings (SSSR count). The molecule has 0 aliphatic carbocycles. The second kappa shape index (κ2) is 1090. The average Bonchev–Trinajstić information content (AvgIpc) is 0. The predicted octanol–water partition coefficient (Wildman–Crippen LogP) is 1.30. The molecule has 6 nitrogen and oxygen atoms in total. The molecule has 12 N–H and O–H groups in total. The molecule has 0 atom stereocenters. The van der Waals surface area contributed by atoms with Gasteiger partial charge in [0.2, 0.25) is 0 Å². The van der Waals surface area contributed by atoms with Crippen molar-refractivity contribution in [1.82, 2.24) is 0 Å². The molecule has 0 aliphatic rings. The maximum atomic E-state index is 0. The molecule has 0 saturated carbocycles. The molecule has 0 radical (unpaired) electrons. The van der Waals surface area contributed by atoms with Crippen LogP contribution in [0.1, 0.15) is 0 Å². The van der Waals surface area contributed by atoms with Crippen LogP contribution in [0.25, 0.3) is 36.9 Å². The summed E-state index contributed by atoms with van der Waals surface area (Å²) in [6.45, 7) is 0. The summed E-state index contributed by atoms with van der Waals surface area (Å²) >= 11 is 0. The van der Waals surface area contributed by atoms with Crippen molar-refractivity contribution < 1.29 is 28.9 Å². The summed E-state index contributed by atoms with van der Waals surface area (Å²) in [7, 11) is 0. The largest absolute Gasteiger partial charge is 2.00 e. The van der Waals surface area contributed by atoms with Crippen LogP contribution >= 0.6 is 0 Å². The Labute approximate surface area is 66.4 Å². The smallest absolute Gasteiger partial charge is 1.00 e. The molecule has 0 aliphatic heterocycles. The van der Waals surface area contributed by atoms with Crippen LogP contribution in [0, 0.1) is 0 Å². The third-order valence-electron chi connectivity index (χ3n) is 0. The minimum Gasteiger partial charge on any atom is -1.00 e. The fraction of sp³-hybridized carbons (Fsp3) is 0. The molecule has 0 fully saturated rings. The summed E-state index contributed by atoms with van der Waals surface area (Å²) in [4.78, 5) is 0. The Kier molecular flexibility index (Phi) is 225000. The third-order valence-corrected chi connectivity index (χ3v) is 0. The first kappa shape index (κ1) is 1650. The molecule has 0 aromatic carbocycles. The van der Waals surface area contributed by atoms with Crippen molar-refractivity contribution in [3.8, 4) is 0 Å². The van der Waals surface area contributed by atoms with E-state index in [1.807, 2.05) is 0 Å². The van der Waals surface area contributed by atoms with E-state index in [1.54, 1.807) is 0 Å². The number of nitrogens with two attached hydrogens (primary N) is 6. The van der Waals surface area contributed by atoms with Crippen molar-refractivity contribution in [2.75, 3.05) is 0 Å². The Bertz CT molecular complexity index is 8.49. The van der Waals surface area contributed by atoms with Gasteiger partial charge in [0.1, 0.15) is 0 Å². The van der Waals surface area contributed by atoms with Crippen molar-refractivity contribution in [1.29, 1.82) is 0 Å². The normalized spacial score (nSPS) is 0. The van der Waals surface area contributed by atoms with Gasteiger partial charge in [-0.05, 0) is 0 Å². The van der Waals surface area contributed by atoms with Crippen LogP contribution in [0.4, 0.5) is 0 Å². The summed E-state index contributed by atoms with van der Waals surface area (Å²) in [5.74, 6) is 0. The summed E-state index contributed by atoms with van der Waals surface area (Å²) < 4.78 is 0. The number of hydrogen-bond donors (Lipinski definition) is 0. The molecule has 8 heavy (non-hydrogen) atoms. The van der Waals surface area contributed by atoms with Gasteiger partial charge in [-0.25, -0.2) is 0 Å². The summed E-state index contributed by atoms with van der Waals surface area (Å²) in [5, 5.41) is 0. The second-order valence-corrected chi connectivity index (χ2v) is 0. The van der Waals surface area contributed by atoms with Crippen LogP contribution in [-0.4, -0.2) is 0 Å². The summed E-state index contributed by atoms with van der Waals surface area (Å²) in [5.41, 5.74) is 0. The van der Waals surface area contributed by atoms with Crippen LogP contribution in [0.15, 0.2) is 0 Å². The van der Waals surface area contributed by atoms with Gasteiger partial charge in [-0.1, -0.05) is 0 Å². The van der Waals surface area contributed by atoms with E-state index in [1.165, 1.54) is 0 Å². The fourth-order valence-electron chi connectivity index (χ4n) is 0. The topological polar surface area (TPSA) is 201 Å². The summed E-state index contributed by atoms with van der Waals surface area (Å²) in [6, 6.07) is 0. The van der Waals surface area contributed by atoms with E-state index in [-0.39, 0.29) is 65.8 Å². The molecule has 0 unspecified atom stereocenters. The fourth-order valence-corrected chi connectivity index (χ4v) is 0. The van der Waals surface area contributed by atoms with Gasteiger partial charge in [0.05, 0.1) is 0 Å². The van der Waals surface area contributed by atoms with E-state index >= 15 is 0 Å². The Morgan fingerprint density at radius 3 is 0.375 bits per heavy atom. The molecule has 0 heterocycles. The molecule has 0 aromatic heterocycles. The minimum atomic E-state index is 0. The molecule has 0 amide bonds. The van der Waals surface area contributed by atoms with Crippen LogP contribution in [0.3, 0.4) is 0 Å². The molecular weight excluding hydrogens is 178 g/mol. The molecule has 0 aromatic rings.